The molecule has 0 saturated heterocycles. The van der Waals surface area contributed by atoms with Gasteiger partial charge in [0, 0.05) is 30.9 Å². The van der Waals surface area contributed by atoms with Crippen LogP contribution in [0.4, 0.5) is 11.6 Å². The second-order valence-electron chi connectivity index (χ2n) is 3.33. The minimum absolute atomic E-state index is 0.468. The van der Waals surface area contributed by atoms with Crippen LogP contribution in [0.25, 0.3) is 0 Å². The molecule has 2 rings (SSSR count). The highest BCUT2D eigenvalue weighted by molar-refractivity contribution is 5.43. The summed E-state index contributed by atoms with van der Waals surface area (Å²) in [7, 11) is 0. The zero-order chi connectivity index (χ0) is 11.2. The van der Waals surface area contributed by atoms with Gasteiger partial charge < -0.3 is 11.1 Å². The van der Waals surface area contributed by atoms with Gasteiger partial charge in [0.2, 0.25) is 0 Å². The molecule has 5 nitrogen and oxygen atoms in total. The number of anilines is 2. The first-order valence-corrected chi connectivity index (χ1v) is 5.06. The summed E-state index contributed by atoms with van der Waals surface area (Å²) < 4.78 is 0. The molecule has 2 aromatic heterocycles. The summed E-state index contributed by atoms with van der Waals surface area (Å²) in [6, 6.07) is 7.58. The first-order valence-electron chi connectivity index (χ1n) is 5.06. The van der Waals surface area contributed by atoms with Gasteiger partial charge in [-0.05, 0) is 12.1 Å². The van der Waals surface area contributed by atoms with Crippen LogP contribution in [0.3, 0.4) is 0 Å². The van der Waals surface area contributed by atoms with E-state index in [0.717, 1.165) is 24.5 Å². The minimum Gasteiger partial charge on any atom is -0.384 e. The maximum absolute atomic E-state index is 5.54. The first-order chi connectivity index (χ1) is 7.84. The molecule has 0 aromatic carbocycles. The molecule has 82 valence electrons. The Labute approximate surface area is 93.8 Å². The van der Waals surface area contributed by atoms with Gasteiger partial charge in [-0.15, -0.1) is 0 Å². The monoisotopic (exact) mass is 215 g/mol. The number of nitrogens with zero attached hydrogens (tertiary/aromatic N) is 3. The van der Waals surface area contributed by atoms with Crippen LogP contribution < -0.4 is 11.1 Å². The second-order valence-corrected chi connectivity index (χ2v) is 3.33. The molecule has 0 fully saturated rings. The summed E-state index contributed by atoms with van der Waals surface area (Å²) in [6.07, 6.45) is 4.08. The third-order valence-electron chi connectivity index (χ3n) is 2.10. The molecular weight excluding hydrogens is 202 g/mol. The third-order valence-corrected chi connectivity index (χ3v) is 2.10. The molecule has 0 saturated carbocycles. The van der Waals surface area contributed by atoms with Gasteiger partial charge in [-0.1, -0.05) is 6.07 Å². The Morgan fingerprint density at radius 2 is 2.12 bits per heavy atom. The van der Waals surface area contributed by atoms with Crippen LogP contribution >= 0.6 is 0 Å². The Morgan fingerprint density at radius 1 is 1.19 bits per heavy atom. The van der Waals surface area contributed by atoms with Gasteiger partial charge in [-0.2, -0.15) is 0 Å². The molecule has 0 aliphatic rings. The van der Waals surface area contributed by atoms with Gasteiger partial charge in [0.25, 0.3) is 0 Å². The van der Waals surface area contributed by atoms with Crippen LogP contribution in [0.5, 0.6) is 0 Å². The van der Waals surface area contributed by atoms with Gasteiger partial charge in [0.05, 0.1) is 0 Å². The van der Waals surface area contributed by atoms with Gasteiger partial charge in [-0.3, -0.25) is 4.98 Å². The van der Waals surface area contributed by atoms with Gasteiger partial charge in [0.1, 0.15) is 18.0 Å². The van der Waals surface area contributed by atoms with E-state index < -0.39 is 0 Å². The Morgan fingerprint density at radius 3 is 2.88 bits per heavy atom. The average Bonchev–Trinajstić information content (AvgIpc) is 2.30. The number of rotatable bonds is 4. The fourth-order valence-electron chi connectivity index (χ4n) is 1.33. The van der Waals surface area contributed by atoms with E-state index in [4.69, 9.17) is 5.73 Å². The molecule has 0 radical (unpaired) electrons. The topological polar surface area (TPSA) is 76.7 Å². The standard InChI is InChI=1S/C11H13N5/c12-10-7-11(16-8-15-10)14-6-4-9-3-1-2-5-13-9/h1-3,5,7-8H,4,6H2,(H3,12,14,15,16). The van der Waals surface area contributed by atoms with E-state index in [1.165, 1.54) is 6.33 Å². The normalized spacial score (nSPS) is 10.0. The van der Waals surface area contributed by atoms with Crippen molar-refractivity contribution in [2.75, 3.05) is 17.6 Å². The van der Waals surface area contributed by atoms with Crippen molar-refractivity contribution in [1.29, 1.82) is 0 Å². The zero-order valence-electron chi connectivity index (χ0n) is 8.80. The van der Waals surface area contributed by atoms with Crippen molar-refractivity contribution in [3.05, 3.63) is 42.5 Å². The van der Waals surface area contributed by atoms with Crippen LogP contribution in [0.2, 0.25) is 0 Å². The highest BCUT2D eigenvalue weighted by Gasteiger charge is 1.96. The lowest BCUT2D eigenvalue weighted by Gasteiger charge is -2.04. The number of hydrogen-bond acceptors (Lipinski definition) is 5. The Balaban J connectivity index is 1.85. The number of nitrogens with one attached hydrogen (secondary N) is 1. The van der Waals surface area contributed by atoms with Crippen LogP contribution in [0.1, 0.15) is 5.69 Å². The molecular formula is C11H13N5. The summed E-state index contributed by atoms with van der Waals surface area (Å²) in [5, 5.41) is 3.16. The Bertz CT molecular complexity index is 443. The van der Waals surface area contributed by atoms with Crippen LogP contribution in [0.15, 0.2) is 36.8 Å². The van der Waals surface area contributed by atoms with Gasteiger partial charge >= 0.3 is 0 Å². The SMILES string of the molecule is Nc1cc(NCCc2ccccn2)ncn1. The molecule has 0 aliphatic heterocycles. The summed E-state index contributed by atoms with van der Waals surface area (Å²) in [6.45, 7) is 0.771. The van der Waals surface area contributed by atoms with E-state index in [1.54, 1.807) is 12.3 Å². The van der Waals surface area contributed by atoms with Crippen molar-refractivity contribution in [2.45, 2.75) is 6.42 Å². The molecule has 3 N–H and O–H groups in total. The predicted molar refractivity (Wildman–Crippen MR) is 62.9 cm³/mol. The molecule has 2 heterocycles. The predicted octanol–water partition coefficient (Wildman–Crippen LogP) is 1.11. The lowest BCUT2D eigenvalue weighted by molar-refractivity contribution is 0.951. The van der Waals surface area contributed by atoms with E-state index in [2.05, 4.69) is 20.3 Å². The van der Waals surface area contributed by atoms with Crippen molar-refractivity contribution in [3.8, 4) is 0 Å². The van der Waals surface area contributed by atoms with Gasteiger partial charge in [-0.25, -0.2) is 9.97 Å². The van der Waals surface area contributed by atoms with Crippen molar-refractivity contribution in [1.82, 2.24) is 15.0 Å². The number of pyridine rings is 1. The summed E-state index contributed by atoms with van der Waals surface area (Å²) in [4.78, 5) is 12.1. The highest BCUT2D eigenvalue weighted by atomic mass is 15.0. The molecule has 16 heavy (non-hydrogen) atoms. The zero-order valence-corrected chi connectivity index (χ0v) is 8.80. The van der Waals surface area contributed by atoms with Crippen LogP contribution in [-0.2, 0) is 6.42 Å². The van der Waals surface area contributed by atoms with Crippen molar-refractivity contribution in [2.24, 2.45) is 0 Å². The molecule has 5 heteroatoms. The smallest absolute Gasteiger partial charge is 0.131 e. The Kier molecular flexibility index (Phi) is 3.28. The molecule has 0 bridgehead atoms. The van der Waals surface area contributed by atoms with Crippen molar-refractivity contribution in [3.63, 3.8) is 0 Å². The average molecular weight is 215 g/mol. The number of nitrogens with two attached hydrogens (primary N) is 1. The van der Waals surface area contributed by atoms with Gasteiger partial charge in [0.15, 0.2) is 0 Å². The van der Waals surface area contributed by atoms with E-state index in [-0.39, 0.29) is 0 Å². The number of aromatic nitrogens is 3. The molecule has 0 aliphatic carbocycles. The quantitative estimate of drug-likeness (QED) is 0.798. The lowest BCUT2D eigenvalue weighted by atomic mass is 10.3. The fourth-order valence-corrected chi connectivity index (χ4v) is 1.33. The fraction of sp³-hybridized carbons (Fsp3) is 0.182. The maximum Gasteiger partial charge on any atom is 0.131 e. The molecule has 0 amide bonds. The van der Waals surface area contributed by atoms with E-state index in [9.17, 15) is 0 Å². The van der Waals surface area contributed by atoms with E-state index in [1.807, 2.05) is 18.2 Å². The minimum atomic E-state index is 0.468. The summed E-state index contributed by atoms with van der Waals surface area (Å²) >= 11 is 0. The largest absolute Gasteiger partial charge is 0.384 e. The summed E-state index contributed by atoms with van der Waals surface area (Å²) in [5.74, 6) is 1.21. The number of hydrogen-bond donors (Lipinski definition) is 2. The molecule has 2 aromatic rings. The second kappa shape index (κ2) is 5.06. The van der Waals surface area contributed by atoms with Crippen molar-refractivity contribution < 1.29 is 0 Å². The molecule has 0 atom stereocenters. The molecule has 0 spiro atoms. The summed E-state index contributed by atoms with van der Waals surface area (Å²) in [5.41, 5.74) is 6.59. The highest BCUT2D eigenvalue weighted by Crippen LogP contribution is 2.04. The van der Waals surface area contributed by atoms with Crippen LogP contribution in [0, 0.1) is 0 Å². The lowest BCUT2D eigenvalue weighted by Crippen LogP contribution is -2.07. The van der Waals surface area contributed by atoms with Crippen molar-refractivity contribution >= 4 is 11.6 Å². The molecule has 0 unspecified atom stereocenters. The Hall–Kier alpha value is -2.17. The first kappa shape index (κ1) is 10.4. The van der Waals surface area contributed by atoms with Crippen LogP contribution in [-0.4, -0.2) is 21.5 Å². The van der Waals surface area contributed by atoms with E-state index in [0.29, 0.717) is 5.82 Å². The van der Waals surface area contributed by atoms with E-state index >= 15 is 0 Å². The third kappa shape index (κ3) is 2.91. The maximum atomic E-state index is 5.54. The number of nitrogen functional groups attached to an aromatic ring is 1.